The lowest BCUT2D eigenvalue weighted by atomic mass is 9.94. The lowest BCUT2D eigenvalue weighted by molar-refractivity contribution is -0.145. The van der Waals surface area contributed by atoms with Crippen molar-refractivity contribution < 1.29 is 24.5 Å². The summed E-state index contributed by atoms with van der Waals surface area (Å²) in [6.07, 6.45) is 1.63. The summed E-state index contributed by atoms with van der Waals surface area (Å²) in [4.78, 5) is 24.3. The van der Waals surface area contributed by atoms with Gasteiger partial charge < -0.3 is 19.8 Å². The molecule has 0 saturated carbocycles. The van der Waals surface area contributed by atoms with Gasteiger partial charge in [0.05, 0.1) is 24.5 Å². The van der Waals surface area contributed by atoms with E-state index < -0.39 is 24.3 Å². The van der Waals surface area contributed by atoms with Crippen molar-refractivity contribution in [2.45, 2.75) is 30.8 Å². The highest BCUT2D eigenvalue weighted by Gasteiger charge is 2.46. The fraction of sp³-hybridized carbons (Fsp3) is 0.500. The van der Waals surface area contributed by atoms with E-state index in [2.05, 4.69) is 4.90 Å². The molecule has 22 heavy (non-hydrogen) atoms. The summed E-state index contributed by atoms with van der Waals surface area (Å²) in [7, 11) is 0. The van der Waals surface area contributed by atoms with Crippen molar-refractivity contribution in [2.24, 2.45) is 0 Å². The molecular formula is C16H19NO5. The summed E-state index contributed by atoms with van der Waals surface area (Å²) in [5, 5.41) is 18.0. The Labute approximate surface area is 128 Å². The molecule has 2 aliphatic rings. The van der Waals surface area contributed by atoms with Gasteiger partial charge in [0.1, 0.15) is 0 Å². The number of hydrogen-bond donors (Lipinski definition) is 2. The van der Waals surface area contributed by atoms with Gasteiger partial charge >= 0.3 is 11.9 Å². The van der Waals surface area contributed by atoms with Crippen LogP contribution in [0.15, 0.2) is 24.3 Å². The van der Waals surface area contributed by atoms with Crippen LogP contribution in [0.25, 0.3) is 0 Å². The number of ether oxygens (including phenoxy) is 1. The monoisotopic (exact) mass is 305 g/mol. The van der Waals surface area contributed by atoms with Crippen LogP contribution in [-0.2, 0) is 14.3 Å². The Morgan fingerprint density at radius 1 is 1.18 bits per heavy atom. The van der Waals surface area contributed by atoms with E-state index in [1.165, 1.54) is 0 Å². The number of carbonyl (C=O) groups is 2. The Bertz CT molecular complexity index is 569. The van der Waals surface area contributed by atoms with E-state index >= 15 is 0 Å². The van der Waals surface area contributed by atoms with Gasteiger partial charge in [0.25, 0.3) is 0 Å². The number of carboxylic acids is 2. The summed E-state index contributed by atoms with van der Waals surface area (Å²) in [5.41, 5.74) is 1.70. The summed E-state index contributed by atoms with van der Waals surface area (Å²) in [5.74, 6) is -3.22. The fourth-order valence-electron chi connectivity index (χ4n) is 3.00. The minimum atomic E-state index is -1.11. The maximum atomic E-state index is 11.2. The average Bonchev–Trinajstić information content (AvgIpc) is 3.25. The Morgan fingerprint density at radius 2 is 1.77 bits per heavy atom. The van der Waals surface area contributed by atoms with E-state index in [0.717, 1.165) is 38.2 Å². The molecule has 0 radical (unpaired) electrons. The van der Waals surface area contributed by atoms with Crippen molar-refractivity contribution in [2.75, 3.05) is 24.6 Å². The van der Waals surface area contributed by atoms with E-state index in [9.17, 15) is 14.7 Å². The van der Waals surface area contributed by atoms with E-state index in [-0.39, 0.29) is 5.60 Å². The Hall–Kier alpha value is -2.08. The van der Waals surface area contributed by atoms with Crippen LogP contribution in [0.2, 0.25) is 0 Å². The summed E-state index contributed by atoms with van der Waals surface area (Å²) >= 11 is 0. The molecule has 118 valence electrons. The number of piperidine rings is 1. The number of hydrogen-bond acceptors (Lipinski definition) is 4. The molecule has 2 saturated heterocycles. The maximum Gasteiger partial charge on any atom is 0.311 e. The first-order valence-electron chi connectivity index (χ1n) is 7.43. The van der Waals surface area contributed by atoms with Crippen LogP contribution in [-0.4, -0.2) is 47.4 Å². The normalized spacial score (nSPS) is 20.6. The molecule has 2 fully saturated rings. The fourth-order valence-corrected chi connectivity index (χ4v) is 3.00. The highest BCUT2D eigenvalue weighted by atomic mass is 16.6. The molecule has 1 unspecified atom stereocenters. The van der Waals surface area contributed by atoms with Gasteiger partial charge in [0, 0.05) is 18.8 Å². The minimum Gasteiger partial charge on any atom is -0.481 e. The van der Waals surface area contributed by atoms with E-state index in [4.69, 9.17) is 9.84 Å². The topological polar surface area (TPSA) is 90.4 Å². The zero-order chi connectivity index (χ0) is 15.7. The standard InChI is InChI=1S/C16H19NO5/c18-14(19)9-13(15(20)21)11-1-3-12(4-2-11)17-7-5-16(6-8-17)10-22-16/h1-4,13H,5-10H2,(H,18,19)(H,20,21). The molecule has 2 N–H and O–H groups in total. The molecule has 0 bridgehead atoms. The molecule has 0 aliphatic carbocycles. The average molecular weight is 305 g/mol. The van der Waals surface area contributed by atoms with Gasteiger partial charge in [-0.3, -0.25) is 9.59 Å². The van der Waals surface area contributed by atoms with Gasteiger partial charge in [0.15, 0.2) is 0 Å². The third-order valence-corrected chi connectivity index (χ3v) is 4.56. The number of anilines is 1. The molecule has 6 heteroatoms. The Morgan fingerprint density at radius 3 is 2.23 bits per heavy atom. The third-order valence-electron chi connectivity index (χ3n) is 4.56. The second-order valence-electron chi connectivity index (χ2n) is 6.04. The highest BCUT2D eigenvalue weighted by molar-refractivity contribution is 5.82. The van der Waals surface area contributed by atoms with Crippen LogP contribution in [0.4, 0.5) is 5.69 Å². The molecule has 2 aliphatic heterocycles. The predicted octanol–water partition coefficient (Wildman–Crippen LogP) is 1.70. The van der Waals surface area contributed by atoms with Gasteiger partial charge in [-0.15, -0.1) is 0 Å². The van der Waals surface area contributed by atoms with Crippen LogP contribution in [0.1, 0.15) is 30.7 Å². The first kappa shape index (κ1) is 14.8. The Kier molecular flexibility index (Phi) is 3.78. The van der Waals surface area contributed by atoms with Crippen molar-refractivity contribution in [3.63, 3.8) is 0 Å². The molecule has 1 aromatic carbocycles. The Balaban J connectivity index is 1.68. The van der Waals surface area contributed by atoms with Crippen molar-refractivity contribution in [3.05, 3.63) is 29.8 Å². The lowest BCUT2D eigenvalue weighted by Gasteiger charge is -2.32. The van der Waals surface area contributed by atoms with Crippen molar-refractivity contribution >= 4 is 17.6 Å². The molecule has 6 nitrogen and oxygen atoms in total. The molecule has 0 amide bonds. The summed E-state index contributed by atoms with van der Waals surface area (Å²) in [6.45, 7) is 2.73. The van der Waals surface area contributed by atoms with Gasteiger partial charge in [-0.05, 0) is 30.5 Å². The van der Waals surface area contributed by atoms with Crippen LogP contribution < -0.4 is 4.90 Å². The first-order chi connectivity index (χ1) is 10.5. The lowest BCUT2D eigenvalue weighted by Crippen LogP contribution is -2.37. The molecule has 1 atom stereocenters. The van der Waals surface area contributed by atoms with Crippen LogP contribution in [0, 0.1) is 0 Å². The molecule has 1 spiro atoms. The van der Waals surface area contributed by atoms with Gasteiger partial charge in [-0.2, -0.15) is 0 Å². The predicted molar refractivity (Wildman–Crippen MR) is 79.2 cm³/mol. The number of carboxylic acid groups (broad SMARTS) is 2. The number of nitrogens with zero attached hydrogens (tertiary/aromatic N) is 1. The first-order valence-corrected chi connectivity index (χ1v) is 7.43. The highest BCUT2D eigenvalue weighted by Crippen LogP contribution is 2.39. The smallest absolute Gasteiger partial charge is 0.311 e. The molecule has 2 heterocycles. The summed E-state index contributed by atoms with van der Waals surface area (Å²) < 4.78 is 5.49. The minimum absolute atomic E-state index is 0.131. The van der Waals surface area contributed by atoms with E-state index in [1.54, 1.807) is 12.1 Å². The zero-order valence-electron chi connectivity index (χ0n) is 12.2. The van der Waals surface area contributed by atoms with Crippen molar-refractivity contribution in [3.8, 4) is 0 Å². The second kappa shape index (κ2) is 5.61. The number of aliphatic carboxylic acids is 2. The number of rotatable bonds is 5. The van der Waals surface area contributed by atoms with Crippen molar-refractivity contribution in [1.29, 1.82) is 0 Å². The number of epoxide rings is 1. The van der Waals surface area contributed by atoms with E-state index in [1.807, 2.05) is 12.1 Å². The van der Waals surface area contributed by atoms with Gasteiger partial charge in [-0.25, -0.2) is 0 Å². The molecule has 0 aromatic heterocycles. The number of benzene rings is 1. The zero-order valence-corrected chi connectivity index (χ0v) is 12.2. The quantitative estimate of drug-likeness (QED) is 0.805. The largest absolute Gasteiger partial charge is 0.481 e. The summed E-state index contributed by atoms with van der Waals surface area (Å²) in [6, 6.07) is 7.18. The molecular weight excluding hydrogens is 286 g/mol. The SMILES string of the molecule is O=C(O)CC(C(=O)O)c1ccc(N2CCC3(CC2)CO3)cc1. The molecule has 1 aromatic rings. The van der Waals surface area contributed by atoms with Gasteiger partial charge in [0.2, 0.25) is 0 Å². The third kappa shape index (κ3) is 3.06. The maximum absolute atomic E-state index is 11.2. The van der Waals surface area contributed by atoms with Crippen LogP contribution in [0.5, 0.6) is 0 Å². The van der Waals surface area contributed by atoms with Gasteiger partial charge in [-0.1, -0.05) is 12.1 Å². The van der Waals surface area contributed by atoms with Crippen molar-refractivity contribution in [1.82, 2.24) is 0 Å². The van der Waals surface area contributed by atoms with E-state index in [0.29, 0.717) is 5.56 Å². The molecule has 3 rings (SSSR count). The van der Waals surface area contributed by atoms with Crippen LogP contribution >= 0.6 is 0 Å². The van der Waals surface area contributed by atoms with Crippen LogP contribution in [0.3, 0.4) is 0 Å². The second-order valence-corrected chi connectivity index (χ2v) is 6.04.